The van der Waals surface area contributed by atoms with E-state index in [4.69, 9.17) is 0 Å². The van der Waals surface area contributed by atoms with Crippen molar-refractivity contribution in [2.24, 2.45) is 0 Å². The Balaban J connectivity index is 1.35. The summed E-state index contributed by atoms with van der Waals surface area (Å²) in [6.45, 7) is 3.87. The van der Waals surface area contributed by atoms with Crippen molar-refractivity contribution in [1.82, 2.24) is 20.0 Å². The van der Waals surface area contributed by atoms with Crippen LogP contribution in [0.2, 0.25) is 0 Å². The van der Waals surface area contributed by atoms with Crippen molar-refractivity contribution in [1.29, 1.82) is 0 Å². The lowest BCUT2D eigenvalue weighted by Crippen LogP contribution is -2.38. The summed E-state index contributed by atoms with van der Waals surface area (Å²) in [4.78, 5) is 58.5. The number of hydrogen-bond donors (Lipinski definition) is 2. The molecule has 8 rings (SSSR count). The monoisotopic (exact) mass is 742 g/mol. The van der Waals surface area contributed by atoms with Gasteiger partial charge in [0.2, 0.25) is 0 Å². The molecular weight excluding hydrogens is 704 g/mol. The summed E-state index contributed by atoms with van der Waals surface area (Å²) in [7, 11) is -1.59. The fourth-order valence-corrected chi connectivity index (χ4v) is 10.9. The van der Waals surface area contributed by atoms with Crippen molar-refractivity contribution < 1.29 is 9.59 Å². The van der Waals surface area contributed by atoms with Crippen LogP contribution < -0.4 is 27.1 Å². The number of amides is 2. The number of nitrogens with zero attached hydrogens (tertiary/aromatic N) is 2. The minimum atomic E-state index is -1.59. The van der Waals surface area contributed by atoms with E-state index in [9.17, 15) is 19.2 Å². The van der Waals surface area contributed by atoms with E-state index in [1.165, 1.54) is 0 Å². The fraction of sp³-hybridized carbons (Fsp3) is 0.130. The number of carbonyl (C=O) groups is 2. The molecule has 6 aromatic carbocycles. The molecule has 1 aliphatic heterocycles. The minimum Gasteiger partial charge on any atom is -0.346 e. The van der Waals surface area contributed by atoms with Crippen LogP contribution >= 0.6 is 7.92 Å². The summed E-state index contributed by atoms with van der Waals surface area (Å²) < 4.78 is 3.12. The third-order valence-electron chi connectivity index (χ3n) is 10.3. The van der Waals surface area contributed by atoms with Gasteiger partial charge in [0.25, 0.3) is 22.9 Å². The standard InChI is InChI=1S/C46H39N4O4P/c1-30(32-18-6-3-7-19-32)47-41(51)35-24-12-16-28-39(35)45-49-43(53)37-26-14-15-27-38(37)44(54)50(49)46(55(45)34-22-10-5-11-23-34)40-29-17-13-25-36(40)42(52)48-31(2)33-20-8-4-9-21-33/h3-31,45-46H,1-2H3,(H,47,51)(H,48,52). The zero-order chi connectivity index (χ0) is 38.1. The first kappa shape index (κ1) is 35.6. The van der Waals surface area contributed by atoms with Gasteiger partial charge in [0.05, 0.1) is 22.9 Å². The summed E-state index contributed by atoms with van der Waals surface area (Å²) in [5.41, 5.74) is 3.25. The molecule has 4 unspecified atom stereocenters. The fourth-order valence-electron chi connectivity index (χ4n) is 7.63. The molecule has 0 radical (unpaired) electrons. The summed E-state index contributed by atoms with van der Waals surface area (Å²) >= 11 is 0. The number of benzene rings is 6. The van der Waals surface area contributed by atoms with E-state index in [1.54, 1.807) is 45.8 Å². The summed E-state index contributed by atoms with van der Waals surface area (Å²) in [6.07, 6.45) is 0. The van der Waals surface area contributed by atoms with Gasteiger partial charge in [0.15, 0.2) is 0 Å². The average molecular weight is 743 g/mol. The second kappa shape index (κ2) is 15.2. The second-order valence-corrected chi connectivity index (χ2v) is 16.0. The molecule has 1 aromatic heterocycles. The van der Waals surface area contributed by atoms with Gasteiger partial charge in [-0.05, 0) is 73.6 Å². The molecular formula is C46H39N4O4P. The summed E-state index contributed by atoms with van der Waals surface area (Å²) in [6, 6.07) is 50.2. The number of aromatic nitrogens is 2. The molecule has 55 heavy (non-hydrogen) atoms. The van der Waals surface area contributed by atoms with E-state index in [1.807, 2.05) is 141 Å². The maximum absolute atomic E-state index is 14.9. The highest BCUT2D eigenvalue weighted by molar-refractivity contribution is 7.66. The van der Waals surface area contributed by atoms with E-state index >= 15 is 0 Å². The van der Waals surface area contributed by atoms with Gasteiger partial charge in [-0.3, -0.25) is 19.2 Å². The Labute approximate surface area is 319 Å². The van der Waals surface area contributed by atoms with Crippen molar-refractivity contribution in [3.8, 4) is 0 Å². The van der Waals surface area contributed by atoms with Crippen molar-refractivity contribution in [3.63, 3.8) is 0 Å². The third-order valence-corrected chi connectivity index (χ3v) is 13.3. The molecule has 0 aliphatic carbocycles. The van der Waals surface area contributed by atoms with Crippen LogP contribution in [-0.2, 0) is 0 Å². The average Bonchev–Trinajstić information content (AvgIpc) is 3.60. The second-order valence-electron chi connectivity index (χ2n) is 13.7. The van der Waals surface area contributed by atoms with Gasteiger partial charge in [-0.2, -0.15) is 0 Å². The van der Waals surface area contributed by atoms with E-state index in [0.29, 0.717) is 33.0 Å². The molecule has 8 nitrogen and oxygen atoms in total. The molecule has 0 saturated heterocycles. The maximum Gasteiger partial charge on any atom is 0.274 e. The number of nitrogens with one attached hydrogen (secondary N) is 2. The van der Waals surface area contributed by atoms with Crippen molar-refractivity contribution in [2.75, 3.05) is 0 Å². The van der Waals surface area contributed by atoms with E-state index < -0.39 is 19.5 Å². The molecule has 0 spiro atoms. The molecule has 0 fully saturated rings. The van der Waals surface area contributed by atoms with E-state index in [-0.39, 0.29) is 35.0 Å². The molecule has 272 valence electrons. The van der Waals surface area contributed by atoms with Crippen molar-refractivity contribution in [2.45, 2.75) is 37.5 Å². The lowest BCUT2D eigenvalue weighted by atomic mass is 10.0. The highest BCUT2D eigenvalue weighted by Gasteiger charge is 2.47. The first-order chi connectivity index (χ1) is 26.8. The van der Waals surface area contributed by atoms with Crippen LogP contribution in [0.3, 0.4) is 0 Å². The highest BCUT2D eigenvalue weighted by atomic mass is 31.1. The summed E-state index contributed by atoms with van der Waals surface area (Å²) in [5, 5.41) is 7.83. The molecule has 9 heteroatoms. The minimum absolute atomic E-state index is 0.291. The van der Waals surface area contributed by atoms with E-state index in [0.717, 1.165) is 16.4 Å². The zero-order valence-electron chi connectivity index (χ0n) is 30.4. The number of hydrogen-bond acceptors (Lipinski definition) is 4. The van der Waals surface area contributed by atoms with Crippen LogP contribution in [0, 0.1) is 0 Å². The third kappa shape index (κ3) is 6.59. The van der Waals surface area contributed by atoms with Gasteiger partial charge >= 0.3 is 0 Å². The Morgan fingerprint density at radius 1 is 0.491 bits per heavy atom. The number of rotatable bonds is 9. The Hall–Kier alpha value is -6.37. The Kier molecular flexibility index (Phi) is 9.83. The van der Waals surface area contributed by atoms with E-state index in [2.05, 4.69) is 10.6 Å². The van der Waals surface area contributed by atoms with Crippen LogP contribution in [0.4, 0.5) is 0 Å². The quantitative estimate of drug-likeness (QED) is 0.146. The van der Waals surface area contributed by atoms with Crippen LogP contribution in [-0.4, -0.2) is 21.2 Å². The molecule has 2 N–H and O–H groups in total. The van der Waals surface area contributed by atoms with Crippen LogP contribution in [0.1, 0.15) is 80.5 Å². The predicted octanol–water partition coefficient (Wildman–Crippen LogP) is 8.06. The number of carbonyl (C=O) groups excluding carboxylic acids is 2. The van der Waals surface area contributed by atoms with Gasteiger partial charge in [-0.1, -0.05) is 140 Å². The van der Waals surface area contributed by atoms with Crippen LogP contribution in [0.5, 0.6) is 0 Å². The maximum atomic E-state index is 14.9. The topological polar surface area (TPSA) is 102 Å². The molecule has 0 bridgehead atoms. The highest BCUT2D eigenvalue weighted by Crippen LogP contribution is 2.65. The smallest absolute Gasteiger partial charge is 0.274 e. The summed E-state index contributed by atoms with van der Waals surface area (Å²) in [5.74, 6) is -2.09. The largest absolute Gasteiger partial charge is 0.346 e. The Morgan fingerprint density at radius 3 is 1.25 bits per heavy atom. The van der Waals surface area contributed by atoms with Gasteiger partial charge in [-0.15, -0.1) is 0 Å². The molecule has 2 heterocycles. The molecule has 2 amide bonds. The Bertz CT molecular complexity index is 2480. The van der Waals surface area contributed by atoms with Crippen LogP contribution in [0.25, 0.3) is 10.8 Å². The SMILES string of the molecule is CC(NC(=O)c1ccccc1C1n2c(=O)c3ccccc3c(=O)n2C(c2ccccc2C(=O)NC(C)c2ccccc2)P1c1ccccc1)c1ccccc1. The van der Waals surface area contributed by atoms with Gasteiger partial charge in [0.1, 0.15) is 11.6 Å². The lowest BCUT2D eigenvalue weighted by Gasteiger charge is -2.28. The first-order valence-electron chi connectivity index (χ1n) is 18.3. The molecule has 4 atom stereocenters. The lowest BCUT2D eigenvalue weighted by molar-refractivity contribution is 0.0930. The van der Waals surface area contributed by atoms with Crippen LogP contribution in [0.15, 0.2) is 173 Å². The van der Waals surface area contributed by atoms with Crippen molar-refractivity contribution in [3.05, 3.63) is 218 Å². The molecule has 1 aliphatic rings. The molecule has 7 aromatic rings. The number of fused-ring (bicyclic) bond motifs is 2. The normalized spacial score (nSPS) is 17.2. The van der Waals surface area contributed by atoms with Crippen molar-refractivity contribution >= 4 is 35.8 Å². The first-order valence-corrected chi connectivity index (χ1v) is 19.8. The Morgan fingerprint density at radius 2 is 0.836 bits per heavy atom. The van der Waals surface area contributed by atoms with Gasteiger partial charge in [0, 0.05) is 11.1 Å². The van der Waals surface area contributed by atoms with Gasteiger partial charge in [-0.25, -0.2) is 9.36 Å². The zero-order valence-corrected chi connectivity index (χ0v) is 31.3. The predicted molar refractivity (Wildman–Crippen MR) is 219 cm³/mol. The molecule has 0 saturated carbocycles. The van der Waals surface area contributed by atoms with Gasteiger partial charge < -0.3 is 10.6 Å².